The van der Waals surface area contributed by atoms with E-state index in [4.69, 9.17) is 5.11 Å². The van der Waals surface area contributed by atoms with E-state index in [0.717, 1.165) is 18.7 Å². The van der Waals surface area contributed by atoms with Gasteiger partial charge in [0.15, 0.2) is 0 Å². The predicted molar refractivity (Wildman–Crippen MR) is 82.6 cm³/mol. The molecule has 0 aromatic heterocycles. The Balaban J connectivity index is 2.13. The summed E-state index contributed by atoms with van der Waals surface area (Å²) in [7, 11) is 0. The van der Waals surface area contributed by atoms with E-state index in [1.165, 1.54) is 31.4 Å². The summed E-state index contributed by atoms with van der Waals surface area (Å²) in [6, 6.07) is 5.45. The van der Waals surface area contributed by atoms with Crippen molar-refractivity contribution in [2.45, 2.75) is 46.5 Å². The third kappa shape index (κ3) is 2.82. The third-order valence-electron chi connectivity index (χ3n) is 5.11. The van der Waals surface area contributed by atoms with Crippen LogP contribution in [0.2, 0.25) is 0 Å². The van der Waals surface area contributed by atoms with Crippen molar-refractivity contribution in [3.8, 4) is 0 Å². The molecule has 1 aromatic carbocycles. The van der Waals surface area contributed by atoms with Crippen LogP contribution < -0.4 is 4.90 Å². The highest BCUT2D eigenvalue weighted by atomic mass is 16.4. The highest BCUT2D eigenvalue weighted by Gasteiger charge is 2.31. The first-order chi connectivity index (χ1) is 9.51. The number of anilines is 1. The van der Waals surface area contributed by atoms with Crippen molar-refractivity contribution in [1.29, 1.82) is 0 Å². The van der Waals surface area contributed by atoms with Gasteiger partial charge in [-0.2, -0.15) is 0 Å². The molecule has 20 heavy (non-hydrogen) atoms. The number of carboxylic acid groups (broad SMARTS) is 1. The molecule has 0 unspecified atom stereocenters. The minimum atomic E-state index is -0.853. The van der Waals surface area contributed by atoms with E-state index in [2.05, 4.69) is 18.7 Å². The normalized spacial score (nSPS) is 18.1. The number of aryl methyl sites for hydroxylation is 1. The van der Waals surface area contributed by atoms with Crippen LogP contribution in [0.3, 0.4) is 0 Å². The molecule has 0 radical (unpaired) electrons. The van der Waals surface area contributed by atoms with Gasteiger partial charge in [-0.3, -0.25) is 0 Å². The van der Waals surface area contributed by atoms with Gasteiger partial charge >= 0.3 is 5.97 Å². The van der Waals surface area contributed by atoms with Crippen molar-refractivity contribution in [3.05, 3.63) is 29.3 Å². The molecule has 0 bridgehead atoms. The molecule has 110 valence electrons. The first-order valence-corrected chi connectivity index (χ1v) is 7.60. The maximum absolute atomic E-state index is 11.0. The lowest BCUT2D eigenvalue weighted by Gasteiger charge is -2.42. The van der Waals surface area contributed by atoms with Crippen LogP contribution in [0.4, 0.5) is 5.69 Å². The van der Waals surface area contributed by atoms with Crippen molar-refractivity contribution in [2.75, 3.05) is 18.0 Å². The van der Waals surface area contributed by atoms with Gasteiger partial charge in [0.05, 0.1) is 5.56 Å². The summed E-state index contributed by atoms with van der Waals surface area (Å²) < 4.78 is 0. The first kappa shape index (κ1) is 14.9. The summed E-state index contributed by atoms with van der Waals surface area (Å²) in [4.78, 5) is 13.4. The van der Waals surface area contributed by atoms with Gasteiger partial charge in [0.2, 0.25) is 0 Å². The lowest BCUT2D eigenvalue weighted by atomic mass is 9.74. The molecule has 0 atom stereocenters. The molecule has 1 saturated heterocycles. The molecule has 1 heterocycles. The number of nitrogens with zero attached hydrogens (tertiary/aromatic N) is 1. The maximum Gasteiger partial charge on any atom is 0.335 e. The fourth-order valence-corrected chi connectivity index (χ4v) is 3.32. The minimum absolute atomic E-state index is 0.375. The molecule has 1 aliphatic heterocycles. The second-order valence-electron chi connectivity index (χ2n) is 6.00. The van der Waals surface area contributed by atoms with Gasteiger partial charge in [-0.1, -0.05) is 26.7 Å². The number of carbonyl (C=O) groups is 1. The smallest absolute Gasteiger partial charge is 0.335 e. The number of aromatic carboxylic acids is 1. The van der Waals surface area contributed by atoms with Gasteiger partial charge in [-0.15, -0.1) is 0 Å². The van der Waals surface area contributed by atoms with Crippen LogP contribution in [0.5, 0.6) is 0 Å². The van der Waals surface area contributed by atoms with E-state index >= 15 is 0 Å². The molecule has 0 aliphatic carbocycles. The van der Waals surface area contributed by atoms with Crippen molar-refractivity contribution in [2.24, 2.45) is 5.41 Å². The van der Waals surface area contributed by atoms with Crippen LogP contribution in [-0.2, 0) is 0 Å². The number of rotatable bonds is 4. The Bertz CT molecular complexity index is 482. The Kier molecular flexibility index (Phi) is 4.36. The molecule has 1 N–H and O–H groups in total. The summed E-state index contributed by atoms with van der Waals surface area (Å²) in [6.07, 6.45) is 4.99. The van der Waals surface area contributed by atoms with Gasteiger partial charge in [0.1, 0.15) is 0 Å². The van der Waals surface area contributed by atoms with Crippen molar-refractivity contribution >= 4 is 11.7 Å². The van der Waals surface area contributed by atoms with Crippen LogP contribution in [0.15, 0.2) is 18.2 Å². The molecule has 1 aliphatic rings. The zero-order valence-corrected chi connectivity index (χ0v) is 12.8. The average Bonchev–Trinajstić information content (AvgIpc) is 2.47. The Labute approximate surface area is 121 Å². The highest BCUT2D eigenvalue weighted by molar-refractivity contribution is 5.88. The van der Waals surface area contributed by atoms with Gasteiger partial charge in [-0.05, 0) is 48.9 Å². The quantitative estimate of drug-likeness (QED) is 0.899. The molecule has 1 aromatic rings. The van der Waals surface area contributed by atoms with Crippen LogP contribution in [0.1, 0.15) is 55.5 Å². The van der Waals surface area contributed by atoms with Gasteiger partial charge < -0.3 is 10.0 Å². The van der Waals surface area contributed by atoms with E-state index in [1.54, 1.807) is 12.1 Å². The third-order valence-corrected chi connectivity index (χ3v) is 5.11. The second kappa shape index (κ2) is 5.86. The van der Waals surface area contributed by atoms with Gasteiger partial charge in [0.25, 0.3) is 0 Å². The molecule has 1 fully saturated rings. The Hall–Kier alpha value is -1.51. The fraction of sp³-hybridized carbons (Fsp3) is 0.588. The number of benzene rings is 1. The van der Waals surface area contributed by atoms with Crippen molar-refractivity contribution in [3.63, 3.8) is 0 Å². The summed E-state index contributed by atoms with van der Waals surface area (Å²) in [5.41, 5.74) is 3.15. The molecule has 3 heteroatoms. The number of hydrogen-bond donors (Lipinski definition) is 1. The monoisotopic (exact) mass is 275 g/mol. The molecule has 3 nitrogen and oxygen atoms in total. The van der Waals surface area contributed by atoms with E-state index in [9.17, 15) is 4.79 Å². The Morgan fingerprint density at radius 2 is 1.85 bits per heavy atom. The lowest BCUT2D eigenvalue weighted by molar-refractivity contribution is 0.0697. The summed E-state index contributed by atoms with van der Waals surface area (Å²) >= 11 is 0. The zero-order chi connectivity index (χ0) is 14.8. The molecular weight excluding hydrogens is 250 g/mol. The van der Waals surface area contributed by atoms with E-state index in [-0.39, 0.29) is 0 Å². The largest absolute Gasteiger partial charge is 0.478 e. The van der Waals surface area contributed by atoms with E-state index < -0.39 is 5.97 Å². The molecule has 0 spiro atoms. The van der Waals surface area contributed by atoms with Crippen molar-refractivity contribution in [1.82, 2.24) is 0 Å². The number of piperidine rings is 1. The predicted octanol–water partition coefficient (Wildman–Crippen LogP) is 4.10. The van der Waals surface area contributed by atoms with Crippen molar-refractivity contribution < 1.29 is 9.90 Å². The van der Waals surface area contributed by atoms with Crippen LogP contribution in [0.25, 0.3) is 0 Å². The summed E-state index contributed by atoms with van der Waals surface area (Å²) in [5, 5.41) is 9.03. The molecule has 0 amide bonds. The van der Waals surface area contributed by atoms with Gasteiger partial charge in [-0.25, -0.2) is 4.79 Å². The Morgan fingerprint density at radius 3 is 2.30 bits per heavy atom. The minimum Gasteiger partial charge on any atom is -0.478 e. The Morgan fingerprint density at radius 1 is 1.25 bits per heavy atom. The summed E-state index contributed by atoms with van der Waals surface area (Å²) in [6.45, 7) is 8.76. The van der Waals surface area contributed by atoms with E-state index in [1.807, 2.05) is 13.0 Å². The van der Waals surface area contributed by atoms with Crippen LogP contribution >= 0.6 is 0 Å². The van der Waals surface area contributed by atoms with E-state index in [0.29, 0.717) is 11.0 Å². The lowest BCUT2D eigenvalue weighted by Crippen LogP contribution is -2.39. The molecular formula is C17H25NO2. The zero-order valence-electron chi connectivity index (χ0n) is 12.8. The number of carboxylic acids is 1. The van der Waals surface area contributed by atoms with Crippen LogP contribution in [0, 0.1) is 12.3 Å². The average molecular weight is 275 g/mol. The standard InChI is InChI=1S/C17H25NO2/c1-4-17(5-2)8-10-18(11-9-17)15-7-6-14(16(19)20)12-13(15)3/h6-7,12H,4-5,8-11H2,1-3H3,(H,19,20). The maximum atomic E-state index is 11.0. The first-order valence-electron chi connectivity index (χ1n) is 7.60. The molecule has 2 rings (SSSR count). The van der Waals surface area contributed by atoms with Crippen LogP contribution in [-0.4, -0.2) is 24.2 Å². The van der Waals surface area contributed by atoms with Gasteiger partial charge in [0, 0.05) is 18.8 Å². The second-order valence-corrected chi connectivity index (χ2v) is 6.00. The highest BCUT2D eigenvalue weighted by Crippen LogP contribution is 2.39. The molecule has 0 saturated carbocycles. The fourth-order valence-electron chi connectivity index (χ4n) is 3.32. The SMILES string of the molecule is CCC1(CC)CCN(c2ccc(C(=O)O)cc2C)CC1. The topological polar surface area (TPSA) is 40.5 Å². The summed E-state index contributed by atoms with van der Waals surface area (Å²) in [5.74, 6) is -0.853. The number of hydrogen-bond acceptors (Lipinski definition) is 2.